The van der Waals surface area contributed by atoms with Crippen molar-refractivity contribution >= 4 is 16.7 Å². The van der Waals surface area contributed by atoms with E-state index in [2.05, 4.69) is 0 Å². The van der Waals surface area contributed by atoms with Crippen LogP contribution in [-0.2, 0) is 6.54 Å². The van der Waals surface area contributed by atoms with Gasteiger partial charge in [0.25, 0.3) is 5.83 Å². The van der Waals surface area contributed by atoms with Crippen molar-refractivity contribution in [2.75, 3.05) is 0 Å². The van der Waals surface area contributed by atoms with Crippen LogP contribution in [-0.4, -0.2) is 0 Å². The smallest absolute Gasteiger partial charge is 0.194 e. The third kappa shape index (κ3) is 2.72. The first-order chi connectivity index (χ1) is 10.7. The van der Waals surface area contributed by atoms with Crippen LogP contribution in [0.2, 0.25) is 0 Å². The summed E-state index contributed by atoms with van der Waals surface area (Å²) < 4.78 is 40.9. The molecular weight excluding hydrogens is 287 g/mol. The second-order valence-electron chi connectivity index (χ2n) is 4.92. The number of rotatable bonds is 3. The molecule has 0 aliphatic carbocycles. The van der Waals surface area contributed by atoms with Crippen LogP contribution in [0.1, 0.15) is 11.3 Å². The normalized spacial score (nSPS) is 10.7. The SMILES string of the molecule is FC(F)=C(F)c1ccc2ccccc2[n+]1Cc1ccccc1. The summed E-state index contributed by atoms with van der Waals surface area (Å²) >= 11 is 0. The first-order valence-corrected chi connectivity index (χ1v) is 6.83. The summed E-state index contributed by atoms with van der Waals surface area (Å²) in [4.78, 5) is 0. The summed E-state index contributed by atoms with van der Waals surface area (Å²) in [5.74, 6) is -1.48. The molecule has 110 valence electrons. The molecule has 1 nitrogen and oxygen atoms in total. The van der Waals surface area contributed by atoms with Gasteiger partial charge in [-0.3, -0.25) is 0 Å². The number of halogens is 3. The first-order valence-electron chi connectivity index (χ1n) is 6.83. The van der Waals surface area contributed by atoms with Crippen LogP contribution >= 0.6 is 0 Å². The van der Waals surface area contributed by atoms with Crippen LogP contribution in [0, 0.1) is 0 Å². The lowest BCUT2D eigenvalue weighted by Gasteiger charge is -2.06. The van der Waals surface area contributed by atoms with Gasteiger partial charge in [-0.1, -0.05) is 42.5 Å². The molecule has 0 saturated heterocycles. The third-order valence-electron chi connectivity index (χ3n) is 3.51. The summed E-state index contributed by atoms with van der Waals surface area (Å²) in [6.45, 7) is 0.318. The second kappa shape index (κ2) is 6.02. The molecule has 1 heterocycles. The van der Waals surface area contributed by atoms with Crippen molar-refractivity contribution in [2.24, 2.45) is 0 Å². The Labute approximate surface area is 126 Å². The summed E-state index contributed by atoms with van der Waals surface area (Å²) in [7, 11) is 0. The summed E-state index contributed by atoms with van der Waals surface area (Å²) in [5.41, 5.74) is 1.50. The minimum atomic E-state index is -2.31. The molecule has 0 N–H and O–H groups in total. The fraction of sp³-hybridized carbons (Fsp3) is 0.0556. The van der Waals surface area contributed by atoms with Crippen molar-refractivity contribution in [2.45, 2.75) is 6.54 Å². The number of fused-ring (bicyclic) bond motifs is 1. The third-order valence-corrected chi connectivity index (χ3v) is 3.51. The van der Waals surface area contributed by atoms with Gasteiger partial charge in [-0.2, -0.15) is 17.7 Å². The molecule has 3 rings (SSSR count). The minimum absolute atomic E-state index is 0.123. The van der Waals surface area contributed by atoms with Gasteiger partial charge in [0.05, 0.1) is 0 Å². The molecular formula is C18H13F3N+. The van der Waals surface area contributed by atoms with Crippen LogP contribution < -0.4 is 4.57 Å². The monoisotopic (exact) mass is 300 g/mol. The largest absolute Gasteiger partial charge is 0.312 e. The average Bonchev–Trinajstić information content (AvgIpc) is 2.55. The van der Waals surface area contributed by atoms with Gasteiger partial charge in [0.15, 0.2) is 6.54 Å². The zero-order valence-electron chi connectivity index (χ0n) is 11.6. The fourth-order valence-electron chi connectivity index (χ4n) is 2.49. The lowest BCUT2D eigenvalue weighted by Crippen LogP contribution is -2.39. The molecule has 3 aromatic rings. The Kier molecular flexibility index (Phi) is 3.92. The molecule has 0 bridgehead atoms. The average molecular weight is 300 g/mol. The molecule has 22 heavy (non-hydrogen) atoms. The lowest BCUT2D eigenvalue weighted by molar-refractivity contribution is -0.665. The van der Waals surface area contributed by atoms with Crippen LogP contribution in [0.5, 0.6) is 0 Å². The van der Waals surface area contributed by atoms with Crippen LogP contribution in [0.4, 0.5) is 13.2 Å². The minimum Gasteiger partial charge on any atom is -0.194 e. The fourth-order valence-corrected chi connectivity index (χ4v) is 2.49. The van der Waals surface area contributed by atoms with E-state index in [1.54, 1.807) is 22.8 Å². The van der Waals surface area contributed by atoms with Crippen LogP contribution in [0.15, 0.2) is 72.8 Å². The second-order valence-corrected chi connectivity index (χ2v) is 4.92. The standard InChI is InChI=1S/C18H13F3N/c19-17(18(20)21)16-11-10-14-8-4-5-9-15(14)22(16)12-13-6-2-1-3-7-13/h1-11H,12H2/q+1. The van der Waals surface area contributed by atoms with Crippen molar-refractivity contribution in [3.63, 3.8) is 0 Å². The first kappa shape index (κ1) is 14.3. The highest BCUT2D eigenvalue weighted by molar-refractivity contribution is 5.76. The van der Waals surface area contributed by atoms with Crippen molar-refractivity contribution in [3.8, 4) is 0 Å². The molecule has 0 radical (unpaired) electrons. The van der Waals surface area contributed by atoms with Crippen molar-refractivity contribution < 1.29 is 17.7 Å². The van der Waals surface area contributed by atoms with E-state index in [4.69, 9.17) is 0 Å². The van der Waals surface area contributed by atoms with Crippen molar-refractivity contribution in [3.05, 3.63) is 84.1 Å². The molecule has 2 aromatic carbocycles. The molecule has 0 amide bonds. The predicted octanol–water partition coefficient (Wildman–Crippen LogP) is 4.71. The molecule has 0 aliphatic rings. The van der Waals surface area contributed by atoms with Gasteiger partial charge in [0.2, 0.25) is 11.2 Å². The van der Waals surface area contributed by atoms with E-state index in [-0.39, 0.29) is 5.69 Å². The Morgan fingerprint density at radius 3 is 2.18 bits per heavy atom. The van der Waals surface area contributed by atoms with Gasteiger partial charge in [0.1, 0.15) is 0 Å². The molecule has 0 spiro atoms. The maximum atomic E-state index is 13.9. The highest BCUT2D eigenvalue weighted by Gasteiger charge is 2.23. The Morgan fingerprint density at radius 1 is 0.773 bits per heavy atom. The molecule has 0 unspecified atom stereocenters. The zero-order valence-corrected chi connectivity index (χ0v) is 11.6. The van der Waals surface area contributed by atoms with Crippen molar-refractivity contribution in [1.82, 2.24) is 0 Å². The molecule has 0 saturated carbocycles. The van der Waals surface area contributed by atoms with Crippen LogP contribution in [0.3, 0.4) is 0 Å². The number of para-hydroxylation sites is 1. The van der Waals surface area contributed by atoms with Gasteiger partial charge >= 0.3 is 6.08 Å². The number of hydrogen-bond donors (Lipinski definition) is 0. The van der Waals surface area contributed by atoms with Crippen molar-refractivity contribution in [1.29, 1.82) is 0 Å². The van der Waals surface area contributed by atoms with E-state index >= 15 is 0 Å². The number of benzene rings is 2. The van der Waals surface area contributed by atoms with E-state index in [0.29, 0.717) is 12.1 Å². The molecule has 4 heteroatoms. The van der Waals surface area contributed by atoms with E-state index in [0.717, 1.165) is 10.9 Å². The lowest BCUT2D eigenvalue weighted by atomic mass is 10.1. The topological polar surface area (TPSA) is 3.88 Å². The Balaban J connectivity index is 2.23. The Hall–Kier alpha value is -2.62. The molecule has 0 fully saturated rings. The maximum Gasteiger partial charge on any atom is 0.312 e. The number of aromatic nitrogens is 1. The van der Waals surface area contributed by atoms with Gasteiger partial charge in [-0.15, -0.1) is 0 Å². The van der Waals surface area contributed by atoms with E-state index in [1.807, 2.05) is 42.5 Å². The molecule has 1 aromatic heterocycles. The van der Waals surface area contributed by atoms with E-state index in [9.17, 15) is 13.2 Å². The molecule has 0 aliphatic heterocycles. The maximum absolute atomic E-state index is 13.9. The quantitative estimate of drug-likeness (QED) is 0.617. The summed E-state index contributed by atoms with van der Waals surface area (Å²) in [6, 6.07) is 19.7. The number of pyridine rings is 1. The van der Waals surface area contributed by atoms with E-state index in [1.165, 1.54) is 6.07 Å². The summed E-state index contributed by atoms with van der Waals surface area (Å²) in [5, 5.41) is 0.870. The molecule has 0 atom stereocenters. The van der Waals surface area contributed by atoms with Gasteiger partial charge in [0, 0.05) is 23.1 Å². The van der Waals surface area contributed by atoms with E-state index < -0.39 is 11.9 Å². The Bertz CT molecular complexity index is 837. The van der Waals surface area contributed by atoms with Gasteiger partial charge < -0.3 is 0 Å². The van der Waals surface area contributed by atoms with Gasteiger partial charge in [-0.05, 0) is 12.1 Å². The predicted molar refractivity (Wildman–Crippen MR) is 79.9 cm³/mol. The number of nitrogens with zero attached hydrogens (tertiary/aromatic N) is 1. The van der Waals surface area contributed by atoms with Gasteiger partial charge in [-0.25, -0.2) is 0 Å². The highest BCUT2D eigenvalue weighted by Crippen LogP contribution is 2.22. The summed E-state index contributed by atoms with van der Waals surface area (Å²) in [6.07, 6.45) is -2.31. The Morgan fingerprint density at radius 2 is 1.45 bits per heavy atom. The zero-order chi connectivity index (χ0) is 15.5. The highest BCUT2D eigenvalue weighted by atomic mass is 19.3. The number of hydrogen-bond acceptors (Lipinski definition) is 0. The van der Waals surface area contributed by atoms with Crippen LogP contribution in [0.25, 0.3) is 16.7 Å².